The number of nitrogens with one attached hydrogen (secondary N) is 1. The molecule has 0 radical (unpaired) electrons. The van der Waals surface area contributed by atoms with E-state index in [2.05, 4.69) is 26.2 Å². The Balaban J connectivity index is 2.31. The minimum atomic E-state index is -0.514. The van der Waals surface area contributed by atoms with Crippen LogP contribution in [-0.2, 0) is 0 Å². The van der Waals surface area contributed by atoms with Crippen molar-refractivity contribution >= 4 is 39.1 Å². The van der Waals surface area contributed by atoms with E-state index in [0.29, 0.717) is 15.7 Å². The molecule has 1 N–H and O–H groups in total. The number of benzene rings is 1. The van der Waals surface area contributed by atoms with E-state index in [4.69, 9.17) is 11.6 Å². The summed E-state index contributed by atoms with van der Waals surface area (Å²) < 4.78 is 14.1. The Morgan fingerprint density at radius 1 is 1.42 bits per heavy atom. The van der Waals surface area contributed by atoms with Crippen LogP contribution in [-0.4, -0.2) is 10.9 Å². The SMILES string of the molecule is Cc1cc(C(=O)Nc2c(F)cccc2Br)cc(Cl)n1. The first-order valence-corrected chi connectivity index (χ1v) is 6.54. The van der Waals surface area contributed by atoms with Gasteiger partial charge < -0.3 is 5.32 Å². The Labute approximate surface area is 122 Å². The van der Waals surface area contributed by atoms with Crippen molar-refractivity contribution in [2.24, 2.45) is 0 Å². The summed E-state index contributed by atoms with van der Waals surface area (Å²) >= 11 is 8.97. The van der Waals surface area contributed by atoms with Crippen molar-refractivity contribution < 1.29 is 9.18 Å². The van der Waals surface area contributed by atoms with Gasteiger partial charge in [0.05, 0.1) is 5.69 Å². The summed E-state index contributed by atoms with van der Waals surface area (Å²) in [6.07, 6.45) is 0. The fourth-order valence-corrected chi connectivity index (χ4v) is 2.25. The third-order valence-corrected chi connectivity index (χ3v) is 3.24. The lowest BCUT2D eigenvalue weighted by molar-refractivity contribution is 0.102. The number of para-hydroxylation sites is 1. The molecule has 0 atom stereocenters. The lowest BCUT2D eigenvalue weighted by Gasteiger charge is -2.09. The topological polar surface area (TPSA) is 42.0 Å². The molecule has 19 heavy (non-hydrogen) atoms. The van der Waals surface area contributed by atoms with E-state index in [0.717, 1.165) is 0 Å². The number of carbonyl (C=O) groups excluding carboxylic acids is 1. The summed E-state index contributed by atoms with van der Waals surface area (Å²) in [5.41, 5.74) is 1.04. The Morgan fingerprint density at radius 2 is 2.16 bits per heavy atom. The number of rotatable bonds is 2. The minimum absolute atomic E-state index is 0.0955. The highest BCUT2D eigenvalue weighted by Crippen LogP contribution is 2.25. The maximum atomic E-state index is 13.6. The van der Waals surface area contributed by atoms with Gasteiger partial charge in [0, 0.05) is 15.7 Å². The van der Waals surface area contributed by atoms with Crippen molar-refractivity contribution in [3.63, 3.8) is 0 Å². The van der Waals surface area contributed by atoms with E-state index >= 15 is 0 Å². The van der Waals surface area contributed by atoms with Crippen molar-refractivity contribution in [2.45, 2.75) is 6.92 Å². The van der Waals surface area contributed by atoms with E-state index in [-0.39, 0.29) is 10.8 Å². The molecule has 2 aromatic rings. The summed E-state index contributed by atoms with van der Waals surface area (Å²) in [6, 6.07) is 7.46. The molecule has 0 saturated heterocycles. The Hall–Kier alpha value is -1.46. The average Bonchev–Trinajstić information content (AvgIpc) is 2.32. The van der Waals surface area contributed by atoms with Crippen molar-refractivity contribution in [3.8, 4) is 0 Å². The maximum absolute atomic E-state index is 13.6. The first-order valence-electron chi connectivity index (χ1n) is 5.37. The average molecular weight is 344 g/mol. The van der Waals surface area contributed by atoms with Gasteiger partial charge in [0.2, 0.25) is 0 Å². The predicted octanol–water partition coefficient (Wildman–Crippen LogP) is 4.20. The van der Waals surface area contributed by atoms with Crippen molar-refractivity contribution in [1.82, 2.24) is 4.98 Å². The van der Waals surface area contributed by atoms with Crippen LogP contribution in [0.3, 0.4) is 0 Å². The zero-order valence-corrected chi connectivity index (χ0v) is 12.2. The molecule has 0 saturated carbocycles. The second kappa shape index (κ2) is 5.67. The van der Waals surface area contributed by atoms with E-state index < -0.39 is 11.7 Å². The monoisotopic (exact) mass is 342 g/mol. The molecular formula is C13H9BrClFN2O. The van der Waals surface area contributed by atoms with E-state index in [1.165, 1.54) is 12.1 Å². The Kier molecular flexibility index (Phi) is 4.17. The van der Waals surface area contributed by atoms with Gasteiger partial charge in [-0.2, -0.15) is 0 Å². The number of nitrogens with zero attached hydrogens (tertiary/aromatic N) is 1. The molecule has 0 aliphatic rings. The van der Waals surface area contributed by atoms with Gasteiger partial charge in [-0.25, -0.2) is 9.37 Å². The molecule has 1 aromatic heterocycles. The normalized spacial score (nSPS) is 10.3. The quantitative estimate of drug-likeness (QED) is 0.831. The Bertz CT molecular complexity index is 608. The molecule has 0 aliphatic heterocycles. The molecule has 0 aliphatic carbocycles. The van der Waals surface area contributed by atoms with E-state index in [9.17, 15) is 9.18 Å². The second-order valence-corrected chi connectivity index (χ2v) is 5.11. The highest BCUT2D eigenvalue weighted by atomic mass is 79.9. The highest BCUT2D eigenvalue weighted by Gasteiger charge is 2.13. The molecule has 98 valence electrons. The molecule has 1 heterocycles. The highest BCUT2D eigenvalue weighted by molar-refractivity contribution is 9.10. The number of hydrogen-bond donors (Lipinski definition) is 1. The molecule has 3 nitrogen and oxygen atoms in total. The molecule has 0 bridgehead atoms. The predicted molar refractivity (Wildman–Crippen MR) is 76.0 cm³/mol. The van der Waals surface area contributed by atoms with Crippen LogP contribution in [0.1, 0.15) is 16.1 Å². The number of amides is 1. The number of aryl methyl sites for hydroxylation is 1. The molecule has 0 fully saturated rings. The van der Waals surface area contributed by atoms with Gasteiger partial charge in [0.25, 0.3) is 5.91 Å². The van der Waals surface area contributed by atoms with Crippen LogP contribution in [0, 0.1) is 12.7 Å². The van der Waals surface area contributed by atoms with Gasteiger partial charge in [-0.05, 0) is 47.1 Å². The molecule has 1 aromatic carbocycles. The lowest BCUT2D eigenvalue weighted by Crippen LogP contribution is -2.14. The zero-order chi connectivity index (χ0) is 14.0. The third kappa shape index (κ3) is 3.30. The molecule has 1 amide bonds. The molecule has 0 spiro atoms. The van der Waals surface area contributed by atoms with E-state index in [1.54, 1.807) is 25.1 Å². The van der Waals surface area contributed by atoms with Gasteiger partial charge in [-0.3, -0.25) is 4.79 Å². The van der Waals surface area contributed by atoms with Gasteiger partial charge in [0.1, 0.15) is 11.0 Å². The maximum Gasteiger partial charge on any atom is 0.255 e. The van der Waals surface area contributed by atoms with Crippen LogP contribution >= 0.6 is 27.5 Å². The molecule has 0 unspecified atom stereocenters. The van der Waals surface area contributed by atoms with Gasteiger partial charge in [-0.1, -0.05) is 17.7 Å². The van der Waals surface area contributed by atoms with Crippen LogP contribution in [0.2, 0.25) is 5.15 Å². The fraction of sp³-hybridized carbons (Fsp3) is 0.0769. The van der Waals surface area contributed by atoms with E-state index in [1.807, 2.05) is 0 Å². The Morgan fingerprint density at radius 3 is 2.79 bits per heavy atom. The number of carbonyl (C=O) groups is 1. The zero-order valence-electron chi connectivity index (χ0n) is 9.88. The summed E-state index contributed by atoms with van der Waals surface area (Å²) in [6.45, 7) is 1.72. The standard InChI is InChI=1S/C13H9BrClFN2O/c1-7-5-8(6-11(15)17-7)13(19)18-12-9(14)3-2-4-10(12)16/h2-6H,1H3,(H,18,19). The van der Waals surface area contributed by atoms with Crippen LogP contribution in [0.5, 0.6) is 0 Å². The molecular weight excluding hydrogens is 335 g/mol. The first kappa shape index (κ1) is 14.0. The van der Waals surface area contributed by atoms with Gasteiger partial charge >= 0.3 is 0 Å². The van der Waals surface area contributed by atoms with Crippen molar-refractivity contribution in [2.75, 3.05) is 5.32 Å². The van der Waals surface area contributed by atoms with Crippen LogP contribution in [0.25, 0.3) is 0 Å². The molecule has 6 heteroatoms. The largest absolute Gasteiger partial charge is 0.319 e. The van der Waals surface area contributed by atoms with Gasteiger partial charge in [0.15, 0.2) is 0 Å². The smallest absolute Gasteiger partial charge is 0.255 e. The number of pyridine rings is 1. The summed E-state index contributed by atoms with van der Waals surface area (Å²) in [5, 5.41) is 2.72. The summed E-state index contributed by atoms with van der Waals surface area (Å²) in [5.74, 6) is -0.960. The summed E-state index contributed by atoms with van der Waals surface area (Å²) in [4.78, 5) is 16.0. The third-order valence-electron chi connectivity index (χ3n) is 2.39. The number of aromatic nitrogens is 1. The van der Waals surface area contributed by atoms with Crippen LogP contribution in [0.15, 0.2) is 34.8 Å². The fourth-order valence-electron chi connectivity index (χ4n) is 1.56. The second-order valence-electron chi connectivity index (χ2n) is 3.87. The summed E-state index contributed by atoms with van der Waals surface area (Å²) in [7, 11) is 0. The van der Waals surface area contributed by atoms with Gasteiger partial charge in [-0.15, -0.1) is 0 Å². The first-order chi connectivity index (χ1) is 8.97. The minimum Gasteiger partial charge on any atom is -0.319 e. The van der Waals surface area contributed by atoms with Crippen molar-refractivity contribution in [3.05, 3.63) is 57.0 Å². The lowest BCUT2D eigenvalue weighted by atomic mass is 10.2. The number of hydrogen-bond acceptors (Lipinski definition) is 2. The number of halogens is 3. The van der Waals surface area contributed by atoms with Crippen LogP contribution in [0.4, 0.5) is 10.1 Å². The molecule has 2 rings (SSSR count). The van der Waals surface area contributed by atoms with Crippen LogP contribution < -0.4 is 5.32 Å². The number of anilines is 1. The van der Waals surface area contributed by atoms with Crippen molar-refractivity contribution in [1.29, 1.82) is 0 Å².